The van der Waals surface area contributed by atoms with Crippen LogP contribution in [-0.2, 0) is 16.2 Å². The van der Waals surface area contributed by atoms with Gasteiger partial charge < -0.3 is 9.64 Å². The second-order valence-electron chi connectivity index (χ2n) is 17.8. The second-order valence-corrected chi connectivity index (χ2v) is 17.8. The van der Waals surface area contributed by atoms with Crippen molar-refractivity contribution >= 4 is 17.1 Å². The van der Waals surface area contributed by atoms with Gasteiger partial charge >= 0.3 is 0 Å². The number of hydrogen-bond acceptors (Lipinski definition) is 2. The van der Waals surface area contributed by atoms with Gasteiger partial charge in [0.2, 0.25) is 0 Å². The summed E-state index contributed by atoms with van der Waals surface area (Å²) in [6.45, 7) is 11.7. The summed E-state index contributed by atoms with van der Waals surface area (Å²) in [7, 11) is 0. The quantitative estimate of drug-likeness (QED) is 0.179. The van der Waals surface area contributed by atoms with Gasteiger partial charge in [0, 0.05) is 39.0 Å². The number of fused-ring (bicyclic) bond motifs is 15. The summed E-state index contributed by atoms with van der Waals surface area (Å²) < 4.78 is 6.65. The van der Waals surface area contributed by atoms with Gasteiger partial charge in [0.15, 0.2) is 0 Å². The second kappa shape index (κ2) is 11.5. The monoisotopic (exact) mass is 745 g/mol. The summed E-state index contributed by atoms with van der Waals surface area (Å²) in [5.41, 5.74) is 22.4. The lowest BCUT2D eigenvalue weighted by molar-refractivity contribution is 0.436. The van der Waals surface area contributed by atoms with Gasteiger partial charge in [0.05, 0.1) is 5.41 Å². The molecule has 58 heavy (non-hydrogen) atoms. The Morgan fingerprint density at radius 1 is 0.345 bits per heavy atom. The van der Waals surface area contributed by atoms with Gasteiger partial charge in [-0.25, -0.2) is 0 Å². The summed E-state index contributed by atoms with van der Waals surface area (Å²) in [4.78, 5) is 2.46. The summed E-state index contributed by atoms with van der Waals surface area (Å²) in [6, 6.07) is 63.5. The van der Waals surface area contributed by atoms with Crippen LogP contribution in [0.4, 0.5) is 17.1 Å². The van der Waals surface area contributed by atoms with Gasteiger partial charge in [-0.3, -0.25) is 0 Å². The van der Waals surface area contributed by atoms with Crippen LogP contribution in [0, 0.1) is 6.92 Å². The molecule has 8 aromatic carbocycles. The van der Waals surface area contributed by atoms with Crippen LogP contribution < -0.4 is 9.64 Å². The van der Waals surface area contributed by atoms with Crippen molar-refractivity contribution in [3.63, 3.8) is 0 Å². The highest BCUT2D eigenvalue weighted by molar-refractivity contribution is 5.93. The molecular weight excluding hydrogens is 703 g/mol. The highest BCUT2D eigenvalue weighted by Gasteiger charge is 2.51. The average molecular weight is 746 g/mol. The fraction of sp³-hybridized carbons (Fsp3) is 0.143. The molecule has 0 amide bonds. The molecule has 2 heteroatoms. The van der Waals surface area contributed by atoms with Crippen LogP contribution in [0.1, 0.15) is 77.8 Å². The topological polar surface area (TPSA) is 12.5 Å². The molecule has 0 radical (unpaired) electrons. The molecule has 0 atom stereocenters. The molecule has 1 spiro atoms. The maximum atomic E-state index is 6.65. The molecule has 0 unspecified atom stereocenters. The van der Waals surface area contributed by atoms with Crippen molar-refractivity contribution < 1.29 is 4.74 Å². The number of hydrogen-bond donors (Lipinski definition) is 0. The Morgan fingerprint density at radius 2 is 0.759 bits per heavy atom. The minimum atomic E-state index is -0.541. The molecule has 8 aromatic rings. The van der Waals surface area contributed by atoms with Crippen LogP contribution in [-0.4, -0.2) is 0 Å². The van der Waals surface area contributed by atoms with Crippen molar-refractivity contribution in [2.24, 2.45) is 0 Å². The normalized spacial score (nSPS) is 15.9. The molecule has 0 aromatic heterocycles. The molecule has 1 aliphatic heterocycles. The standard InChI is InChI=1S/C56H43NO/c1-34-22-24-35(25-23-34)57(36-27-29-41-43-33-49-42(32-50(43)55(4,5)48(41)30-36)39-15-6-8-16-44(39)54(49,2)3)37-26-28-40-38-14-7-9-17-45(38)56(51(40)31-37)46-18-10-12-20-52(46)58-53-21-13-11-19-47(53)56/h6-33H,1-5H3. The molecule has 12 rings (SSSR count). The Hall–Kier alpha value is -6.64. The third-order valence-electron chi connectivity index (χ3n) is 14.0. The van der Waals surface area contributed by atoms with E-state index in [-0.39, 0.29) is 10.8 Å². The van der Waals surface area contributed by atoms with Crippen LogP contribution in [0.2, 0.25) is 0 Å². The van der Waals surface area contributed by atoms with Crippen molar-refractivity contribution in [1.29, 1.82) is 0 Å². The first-order valence-electron chi connectivity index (χ1n) is 20.6. The third kappa shape index (κ3) is 4.22. The van der Waals surface area contributed by atoms with Crippen molar-refractivity contribution in [2.45, 2.75) is 50.9 Å². The van der Waals surface area contributed by atoms with E-state index < -0.39 is 5.41 Å². The predicted octanol–water partition coefficient (Wildman–Crippen LogP) is 14.5. The van der Waals surface area contributed by atoms with E-state index in [1.54, 1.807) is 0 Å². The van der Waals surface area contributed by atoms with Gasteiger partial charge in [0.25, 0.3) is 0 Å². The zero-order valence-corrected chi connectivity index (χ0v) is 33.5. The molecule has 278 valence electrons. The largest absolute Gasteiger partial charge is 0.457 e. The Kier molecular flexibility index (Phi) is 6.63. The molecule has 0 N–H and O–H groups in total. The molecule has 0 saturated carbocycles. The van der Waals surface area contributed by atoms with Gasteiger partial charge in [-0.15, -0.1) is 0 Å². The first-order chi connectivity index (χ1) is 28.2. The van der Waals surface area contributed by atoms with Crippen molar-refractivity contribution in [1.82, 2.24) is 0 Å². The number of aryl methyl sites for hydroxylation is 1. The molecule has 4 aliphatic rings. The van der Waals surface area contributed by atoms with Crippen LogP contribution in [0.15, 0.2) is 170 Å². The SMILES string of the molecule is Cc1ccc(N(c2ccc3c(c2)C(C)(C)c2cc4c(cc2-3)C(C)(C)c2ccccc2-4)c2ccc3c(c2)C2(c4ccccc4Oc4ccccc42)c2ccccc2-3)cc1. The van der Waals surface area contributed by atoms with E-state index in [0.29, 0.717) is 0 Å². The maximum absolute atomic E-state index is 6.65. The molecule has 2 nitrogen and oxygen atoms in total. The van der Waals surface area contributed by atoms with Gasteiger partial charge in [-0.1, -0.05) is 142 Å². The molecule has 0 saturated heterocycles. The van der Waals surface area contributed by atoms with E-state index in [1.807, 2.05) is 0 Å². The van der Waals surface area contributed by atoms with Crippen molar-refractivity contribution in [2.75, 3.05) is 4.90 Å². The Labute approximate surface area is 341 Å². The first-order valence-corrected chi connectivity index (χ1v) is 20.6. The summed E-state index contributed by atoms with van der Waals surface area (Å²) in [6.07, 6.45) is 0. The third-order valence-corrected chi connectivity index (χ3v) is 14.0. The molecule has 0 bridgehead atoms. The highest BCUT2D eigenvalue weighted by Crippen LogP contribution is 2.63. The first kappa shape index (κ1) is 33.5. The number of benzene rings is 8. The lowest BCUT2D eigenvalue weighted by atomic mass is 9.66. The number of ether oxygens (including phenoxy) is 1. The van der Waals surface area contributed by atoms with E-state index in [2.05, 4.69) is 209 Å². The smallest absolute Gasteiger partial charge is 0.132 e. The minimum absolute atomic E-state index is 0.0495. The summed E-state index contributed by atoms with van der Waals surface area (Å²) >= 11 is 0. The maximum Gasteiger partial charge on any atom is 0.132 e. The Balaban J connectivity index is 1.07. The number of rotatable bonds is 3. The van der Waals surface area contributed by atoms with Gasteiger partial charge in [-0.2, -0.15) is 0 Å². The van der Waals surface area contributed by atoms with E-state index in [1.165, 1.54) is 83.5 Å². The minimum Gasteiger partial charge on any atom is -0.457 e. The molecular formula is C56H43NO. The van der Waals surface area contributed by atoms with Gasteiger partial charge in [0.1, 0.15) is 11.5 Å². The van der Waals surface area contributed by atoms with Crippen LogP contribution >= 0.6 is 0 Å². The molecule has 0 fully saturated rings. The van der Waals surface area contributed by atoms with E-state index in [9.17, 15) is 0 Å². The highest BCUT2D eigenvalue weighted by atomic mass is 16.5. The lowest BCUT2D eigenvalue weighted by Gasteiger charge is -2.39. The van der Waals surface area contributed by atoms with Crippen molar-refractivity contribution in [3.8, 4) is 44.9 Å². The van der Waals surface area contributed by atoms with Crippen LogP contribution in [0.25, 0.3) is 33.4 Å². The molecule has 3 aliphatic carbocycles. The zero-order chi connectivity index (χ0) is 39.1. The van der Waals surface area contributed by atoms with Crippen LogP contribution in [0.3, 0.4) is 0 Å². The predicted molar refractivity (Wildman–Crippen MR) is 238 cm³/mol. The summed E-state index contributed by atoms with van der Waals surface area (Å²) in [5, 5.41) is 0. The van der Waals surface area contributed by atoms with Crippen molar-refractivity contribution in [3.05, 3.63) is 220 Å². The Morgan fingerprint density at radius 3 is 1.36 bits per heavy atom. The van der Waals surface area contributed by atoms with E-state index in [4.69, 9.17) is 4.74 Å². The Bertz CT molecular complexity index is 3010. The fourth-order valence-corrected chi connectivity index (χ4v) is 11.2. The van der Waals surface area contributed by atoms with E-state index in [0.717, 1.165) is 28.6 Å². The lowest BCUT2D eigenvalue weighted by Crippen LogP contribution is -2.32. The number of nitrogens with zero attached hydrogens (tertiary/aromatic N) is 1. The summed E-state index contributed by atoms with van der Waals surface area (Å²) in [5.74, 6) is 1.81. The van der Waals surface area contributed by atoms with E-state index >= 15 is 0 Å². The van der Waals surface area contributed by atoms with Gasteiger partial charge in [-0.05, 0) is 134 Å². The van der Waals surface area contributed by atoms with Crippen LogP contribution in [0.5, 0.6) is 11.5 Å². The average Bonchev–Trinajstić information content (AvgIpc) is 3.75. The zero-order valence-electron chi connectivity index (χ0n) is 33.5. The fourth-order valence-electron chi connectivity index (χ4n) is 11.2. The molecule has 1 heterocycles. The number of anilines is 3. The number of para-hydroxylation sites is 2.